The van der Waals surface area contributed by atoms with Crippen molar-refractivity contribution in [1.29, 1.82) is 0 Å². The summed E-state index contributed by atoms with van der Waals surface area (Å²) in [6.45, 7) is 4.95. The summed E-state index contributed by atoms with van der Waals surface area (Å²) in [7, 11) is 0. The SMILES string of the molecule is CC1(C)CN2C(=O)[C@@H](NC(=O)C(N)c3ccccc3)[C@H]2S1. The summed E-state index contributed by atoms with van der Waals surface area (Å²) < 4.78 is 0.0430. The Morgan fingerprint density at radius 3 is 2.76 bits per heavy atom. The van der Waals surface area contributed by atoms with Gasteiger partial charge in [-0.15, -0.1) is 11.8 Å². The van der Waals surface area contributed by atoms with Crippen molar-refractivity contribution < 1.29 is 9.59 Å². The molecular formula is C15H19N3O2S. The third-order valence-electron chi connectivity index (χ3n) is 3.87. The van der Waals surface area contributed by atoms with Crippen LogP contribution in [0.15, 0.2) is 30.3 Å². The number of thioether (sulfide) groups is 1. The molecule has 1 aromatic rings. The molecule has 0 saturated carbocycles. The van der Waals surface area contributed by atoms with Crippen LogP contribution in [0, 0.1) is 0 Å². The Hall–Kier alpha value is -1.53. The second-order valence-corrected chi connectivity index (χ2v) is 7.93. The summed E-state index contributed by atoms with van der Waals surface area (Å²) in [6, 6.07) is 7.99. The van der Waals surface area contributed by atoms with E-state index >= 15 is 0 Å². The first-order chi connectivity index (χ1) is 9.89. The van der Waals surface area contributed by atoms with Crippen molar-refractivity contribution in [3.05, 3.63) is 35.9 Å². The van der Waals surface area contributed by atoms with Crippen LogP contribution in [0.1, 0.15) is 25.5 Å². The maximum atomic E-state index is 12.2. The molecule has 2 aliphatic rings. The zero-order chi connectivity index (χ0) is 15.2. The van der Waals surface area contributed by atoms with E-state index in [1.54, 1.807) is 11.8 Å². The molecule has 2 saturated heterocycles. The summed E-state index contributed by atoms with van der Waals surface area (Å²) in [5.41, 5.74) is 6.71. The van der Waals surface area contributed by atoms with Crippen molar-refractivity contribution in [2.45, 2.75) is 36.1 Å². The minimum Gasteiger partial charge on any atom is -0.340 e. The molecule has 6 heteroatoms. The van der Waals surface area contributed by atoms with Crippen LogP contribution in [0.5, 0.6) is 0 Å². The molecule has 0 aliphatic carbocycles. The van der Waals surface area contributed by atoms with E-state index in [1.165, 1.54) is 0 Å². The second-order valence-electron chi connectivity index (χ2n) is 6.11. The van der Waals surface area contributed by atoms with Crippen LogP contribution in [0.25, 0.3) is 0 Å². The Bertz CT molecular complexity index is 576. The van der Waals surface area contributed by atoms with E-state index in [2.05, 4.69) is 19.2 Å². The number of carbonyl (C=O) groups is 2. The van der Waals surface area contributed by atoms with Crippen molar-refractivity contribution in [2.75, 3.05) is 6.54 Å². The summed E-state index contributed by atoms with van der Waals surface area (Å²) in [5, 5.41) is 2.84. The normalized spacial score (nSPS) is 27.8. The highest BCUT2D eigenvalue weighted by Gasteiger charge is 2.56. The smallest absolute Gasteiger partial charge is 0.249 e. The number of carbonyl (C=O) groups excluding carboxylic acids is 2. The molecule has 2 heterocycles. The molecule has 1 aromatic carbocycles. The van der Waals surface area contributed by atoms with Crippen LogP contribution >= 0.6 is 11.8 Å². The zero-order valence-corrected chi connectivity index (χ0v) is 12.9. The quantitative estimate of drug-likeness (QED) is 0.812. The van der Waals surface area contributed by atoms with Crippen molar-refractivity contribution in [2.24, 2.45) is 5.73 Å². The number of fused-ring (bicyclic) bond motifs is 1. The fourth-order valence-electron chi connectivity index (χ4n) is 2.79. The molecule has 0 aromatic heterocycles. The maximum Gasteiger partial charge on any atom is 0.249 e. The molecule has 3 N–H and O–H groups in total. The maximum absolute atomic E-state index is 12.2. The minimum atomic E-state index is -0.743. The van der Waals surface area contributed by atoms with Gasteiger partial charge in [0.2, 0.25) is 11.8 Å². The average Bonchev–Trinajstić information content (AvgIpc) is 2.77. The molecular weight excluding hydrogens is 286 g/mol. The van der Waals surface area contributed by atoms with E-state index in [0.717, 1.165) is 12.1 Å². The predicted octanol–water partition coefficient (Wildman–Crippen LogP) is 0.865. The predicted molar refractivity (Wildman–Crippen MR) is 82.5 cm³/mol. The highest BCUT2D eigenvalue weighted by Crippen LogP contribution is 2.46. The van der Waals surface area contributed by atoms with Crippen molar-refractivity contribution in [3.63, 3.8) is 0 Å². The molecule has 0 radical (unpaired) electrons. The van der Waals surface area contributed by atoms with Crippen LogP contribution < -0.4 is 11.1 Å². The third-order valence-corrected chi connectivity index (χ3v) is 5.41. The van der Waals surface area contributed by atoms with Gasteiger partial charge < -0.3 is 16.0 Å². The fourth-order valence-corrected chi connectivity index (χ4v) is 4.28. The number of hydrogen-bond donors (Lipinski definition) is 2. The molecule has 0 bridgehead atoms. The summed E-state index contributed by atoms with van der Waals surface area (Å²) in [6.07, 6.45) is 0. The van der Waals surface area contributed by atoms with Gasteiger partial charge in [-0.1, -0.05) is 30.3 Å². The largest absolute Gasteiger partial charge is 0.340 e. The number of β-lactam (4-membered cyclic amide) rings is 1. The van der Waals surface area contributed by atoms with Gasteiger partial charge in [0.15, 0.2) is 0 Å². The lowest BCUT2D eigenvalue weighted by molar-refractivity contribution is -0.148. The summed E-state index contributed by atoms with van der Waals surface area (Å²) in [5.74, 6) is -0.309. The van der Waals surface area contributed by atoms with Crippen LogP contribution in [-0.4, -0.2) is 39.4 Å². The van der Waals surface area contributed by atoms with Crippen molar-refractivity contribution >= 4 is 23.6 Å². The van der Waals surface area contributed by atoms with Gasteiger partial charge in [-0.05, 0) is 19.4 Å². The molecule has 2 amide bonds. The molecule has 1 unspecified atom stereocenters. The molecule has 0 spiro atoms. The Kier molecular flexibility index (Phi) is 3.45. The van der Waals surface area contributed by atoms with E-state index in [1.807, 2.05) is 35.2 Å². The molecule has 21 heavy (non-hydrogen) atoms. The second kappa shape index (κ2) is 5.03. The van der Waals surface area contributed by atoms with Gasteiger partial charge in [0.25, 0.3) is 0 Å². The number of benzene rings is 1. The number of rotatable bonds is 3. The first-order valence-corrected chi connectivity index (χ1v) is 7.86. The van der Waals surface area contributed by atoms with Crippen LogP contribution in [-0.2, 0) is 9.59 Å². The Morgan fingerprint density at radius 1 is 1.43 bits per heavy atom. The number of hydrogen-bond acceptors (Lipinski definition) is 4. The minimum absolute atomic E-state index is 0.00770. The molecule has 112 valence electrons. The molecule has 2 aliphatic heterocycles. The Morgan fingerprint density at radius 2 is 2.10 bits per heavy atom. The molecule has 3 rings (SSSR count). The number of nitrogens with one attached hydrogen (secondary N) is 1. The van der Waals surface area contributed by atoms with Crippen LogP contribution in [0.2, 0.25) is 0 Å². The van der Waals surface area contributed by atoms with E-state index < -0.39 is 12.1 Å². The van der Waals surface area contributed by atoms with Gasteiger partial charge in [-0.3, -0.25) is 9.59 Å². The average molecular weight is 305 g/mol. The van der Waals surface area contributed by atoms with Crippen LogP contribution in [0.3, 0.4) is 0 Å². The first-order valence-electron chi connectivity index (χ1n) is 6.98. The van der Waals surface area contributed by atoms with E-state index in [4.69, 9.17) is 5.73 Å². The fraction of sp³-hybridized carbons (Fsp3) is 0.467. The lowest BCUT2D eigenvalue weighted by Gasteiger charge is -2.41. The van der Waals surface area contributed by atoms with Crippen LogP contribution in [0.4, 0.5) is 0 Å². The van der Waals surface area contributed by atoms with Gasteiger partial charge in [0.1, 0.15) is 17.5 Å². The van der Waals surface area contributed by atoms with Crippen molar-refractivity contribution in [3.8, 4) is 0 Å². The van der Waals surface area contributed by atoms with Gasteiger partial charge >= 0.3 is 0 Å². The Balaban J connectivity index is 1.65. The zero-order valence-electron chi connectivity index (χ0n) is 12.1. The summed E-state index contributed by atoms with van der Waals surface area (Å²) in [4.78, 5) is 26.1. The molecule has 5 nitrogen and oxygen atoms in total. The van der Waals surface area contributed by atoms with Gasteiger partial charge in [0.05, 0.1) is 0 Å². The summed E-state index contributed by atoms with van der Waals surface area (Å²) >= 11 is 1.73. The Labute approximate surface area is 128 Å². The number of nitrogens with two attached hydrogens (primary N) is 1. The highest BCUT2D eigenvalue weighted by molar-refractivity contribution is 8.01. The van der Waals surface area contributed by atoms with Gasteiger partial charge in [0, 0.05) is 11.3 Å². The van der Waals surface area contributed by atoms with Gasteiger partial charge in [-0.2, -0.15) is 0 Å². The van der Waals surface area contributed by atoms with Gasteiger partial charge in [-0.25, -0.2) is 0 Å². The van der Waals surface area contributed by atoms with E-state index in [9.17, 15) is 9.59 Å². The monoisotopic (exact) mass is 305 g/mol. The number of nitrogens with zero attached hydrogens (tertiary/aromatic N) is 1. The lowest BCUT2D eigenvalue weighted by atomic mass is 10.0. The lowest BCUT2D eigenvalue weighted by Crippen LogP contribution is -2.67. The topological polar surface area (TPSA) is 75.4 Å². The standard InChI is InChI=1S/C15H19N3O2S/c1-15(2)8-18-13(20)11(14(18)21-15)17-12(19)10(16)9-6-4-3-5-7-9/h3-7,10-11,14H,8,16H2,1-2H3,(H,17,19)/t10?,11-,14-/m1/s1. The van der Waals surface area contributed by atoms with E-state index in [0.29, 0.717) is 0 Å². The first kappa shape index (κ1) is 14.4. The third kappa shape index (κ3) is 2.53. The van der Waals surface area contributed by atoms with E-state index in [-0.39, 0.29) is 21.9 Å². The highest BCUT2D eigenvalue weighted by atomic mass is 32.2. The van der Waals surface area contributed by atoms with Crippen molar-refractivity contribution in [1.82, 2.24) is 10.2 Å². The number of amides is 2. The molecule has 2 fully saturated rings. The molecule has 3 atom stereocenters.